The third-order valence-corrected chi connectivity index (χ3v) is 8.49. The van der Waals surface area contributed by atoms with Crippen molar-refractivity contribution in [1.29, 1.82) is 0 Å². The first kappa shape index (κ1) is 29.1. The standard InChI is InChI=1S/C32H35Cl2N5O2/c1-22-19-39(32(41)30(35)17-26-10-11-27(33)18-29(26)34)28(7-4-13-37-14-12-36-21-37)20-38(22)31(40)16-23-8-9-24-5-2-3-6-25(24)15-23/h2-3,5-6,8-12,14-15,18,21-22,28,30H,4,7,13,16-17,19-20,35H2,1H3/t22-,28+,30-/m1/s1. The number of aromatic nitrogens is 2. The molecule has 0 bridgehead atoms. The molecular formula is C32H35Cl2N5O2. The number of imidazole rings is 1. The average molecular weight is 593 g/mol. The van der Waals surface area contributed by atoms with Crippen LogP contribution in [-0.4, -0.2) is 62.4 Å². The summed E-state index contributed by atoms with van der Waals surface area (Å²) in [5, 5.41) is 3.30. The van der Waals surface area contributed by atoms with Crippen LogP contribution in [0.4, 0.5) is 0 Å². The molecule has 41 heavy (non-hydrogen) atoms. The van der Waals surface area contributed by atoms with Gasteiger partial charge in [-0.3, -0.25) is 9.59 Å². The molecule has 5 rings (SSSR count). The van der Waals surface area contributed by atoms with Crippen molar-refractivity contribution in [1.82, 2.24) is 19.4 Å². The highest BCUT2D eigenvalue weighted by atomic mass is 35.5. The van der Waals surface area contributed by atoms with Crippen molar-refractivity contribution in [2.24, 2.45) is 5.73 Å². The van der Waals surface area contributed by atoms with Crippen LogP contribution in [0, 0.1) is 0 Å². The number of halogens is 2. The molecule has 4 aromatic rings. The Labute approximate surface area is 250 Å². The molecule has 0 aliphatic carbocycles. The summed E-state index contributed by atoms with van der Waals surface area (Å²) >= 11 is 12.4. The summed E-state index contributed by atoms with van der Waals surface area (Å²) in [5.74, 6) is -0.0612. The van der Waals surface area contributed by atoms with Crippen LogP contribution in [0.15, 0.2) is 79.4 Å². The second-order valence-electron chi connectivity index (χ2n) is 10.9. The van der Waals surface area contributed by atoms with Crippen LogP contribution >= 0.6 is 23.2 Å². The lowest BCUT2D eigenvalue weighted by atomic mass is 9.98. The highest BCUT2D eigenvalue weighted by Crippen LogP contribution is 2.25. The molecule has 3 aromatic carbocycles. The van der Waals surface area contributed by atoms with Gasteiger partial charge in [0.25, 0.3) is 0 Å². The Balaban J connectivity index is 1.30. The fraction of sp³-hybridized carbons (Fsp3) is 0.344. The molecule has 7 nitrogen and oxygen atoms in total. The van der Waals surface area contributed by atoms with Crippen LogP contribution in [0.3, 0.4) is 0 Å². The van der Waals surface area contributed by atoms with Gasteiger partial charge in [-0.15, -0.1) is 0 Å². The van der Waals surface area contributed by atoms with Gasteiger partial charge >= 0.3 is 0 Å². The van der Waals surface area contributed by atoms with Gasteiger partial charge in [-0.1, -0.05) is 71.7 Å². The van der Waals surface area contributed by atoms with E-state index in [1.165, 1.54) is 0 Å². The molecule has 0 unspecified atom stereocenters. The van der Waals surface area contributed by atoms with Crippen molar-refractivity contribution in [3.8, 4) is 0 Å². The van der Waals surface area contributed by atoms with Crippen molar-refractivity contribution < 1.29 is 9.59 Å². The molecular weight excluding hydrogens is 557 g/mol. The maximum atomic E-state index is 13.7. The molecule has 0 spiro atoms. The number of nitrogens with two attached hydrogens (primary N) is 1. The minimum absolute atomic E-state index is 0.0664. The monoisotopic (exact) mass is 591 g/mol. The molecule has 1 saturated heterocycles. The Morgan fingerprint density at radius 2 is 1.83 bits per heavy atom. The number of benzene rings is 3. The quantitative estimate of drug-likeness (QED) is 0.284. The van der Waals surface area contributed by atoms with Gasteiger partial charge in [0.1, 0.15) is 0 Å². The normalized spacial score (nSPS) is 18.0. The highest BCUT2D eigenvalue weighted by molar-refractivity contribution is 6.35. The number of rotatable bonds is 9. The smallest absolute Gasteiger partial charge is 0.240 e. The fourth-order valence-electron chi connectivity index (χ4n) is 5.68. The van der Waals surface area contributed by atoms with Crippen LogP contribution in [0.5, 0.6) is 0 Å². The molecule has 2 N–H and O–H groups in total. The molecule has 1 aromatic heterocycles. The molecule has 9 heteroatoms. The number of hydrogen-bond donors (Lipinski definition) is 1. The van der Waals surface area contributed by atoms with E-state index in [0.717, 1.165) is 41.3 Å². The minimum Gasteiger partial charge on any atom is -0.337 e. The van der Waals surface area contributed by atoms with E-state index in [4.69, 9.17) is 28.9 Å². The molecule has 1 aliphatic heterocycles. The largest absolute Gasteiger partial charge is 0.337 e. The van der Waals surface area contributed by atoms with E-state index in [9.17, 15) is 9.59 Å². The third-order valence-electron chi connectivity index (χ3n) is 7.90. The van der Waals surface area contributed by atoms with Crippen molar-refractivity contribution >= 4 is 45.8 Å². The Morgan fingerprint density at radius 3 is 2.59 bits per heavy atom. The number of carbonyl (C=O) groups is 2. The van der Waals surface area contributed by atoms with Crippen LogP contribution in [-0.2, 0) is 29.0 Å². The molecule has 2 heterocycles. The number of fused-ring (bicyclic) bond motifs is 1. The SMILES string of the molecule is C[C@@H]1CN(C(=O)[C@H](N)Cc2ccc(Cl)cc2Cl)[C@@H](CCCn2ccnc2)CN1C(=O)Cc1ccc2ccccc2c1. The van der Waals surface area contributed by atoms with E-state index in [-0.39, 0.29) is 23.9 Å². The number of aryl methyl sites for hydroxylation is 1. The lowest BCUT2D eigenvalue weighted by Gasteiger charge is -2.46. The minimum atomic E-state index is -0.753. The fourth-order valence-corrected chi connectivity index (χ4v) is 6.17. The van der Waals surface area contributed by atoms with Gasteiger partial charge in [-0.05, 0) is 60.2 Å². The molecule has 1 aliphatic rings. The Hall–Kier alpha value is -3.39. The Bertz CT molecular complexity index is 1510. The summed E-state index contributed by atoms with van der Waals surface area (Å²) < 4.78 is 2.02. The number of amides is 2. The zero-order chi connectivity index (χ0) is 28.9. The van der Waals surface area contributed by atoms with Gasteiger partial charge in [0.2, 0.25) is 11.8 Å². The lowest BCUT2D eigenvalue weighted by Crippen LogP contribution is -2.63. The van der Waals surface area contributed by atoms with E-state index in [1.807, 2.05) is 51.8 Å². The second kappa shape index (κ2) is 13.1. The summed E-state index contributed by atoms with van der Waals surface area (Å²) in [7, 11) is 0. The van der Waals surface area contributed by atoms with Gasteiger partial charge in [-0.2, -0.15) is 0 Å². The maximum Gasteiger partial charge on any atom is 0.240 e. The van der Waals surface area contributed by atoms with Crippen molar-refractivity contribution in [2.75, 3.05) is 13.1 Å². The first-order valence-corrected chi connectivity index (χ1v) is 14.8. The zero-order valence-corrected chi connectivity index (χ0v) is 24.6. The molecule has 0 saturated carbocycles. The first-order valence-electron chi connectivity index (χ1n) is 14.0. The lowest BCUT2D eigenvalue weighted by molar-refractivity contribution is -0.147. The summed E-state index contributed by atoms with van der Waals surface area (Å²) in [4.78, 5) is 35.3. The van der Waals surface area contributed by atoms with Gasteiger partial charge in [-0.25, -0.2) is 4.98 Å². The van der Waals surface area contributed by atoms with Crippen LogP contribution < -0.4 is 5.73 Å². The van der Waals surface area contributed by atoms with E-state index >= 15 is 0 Å². The predicted molar refractivity (Wildman–Crippen MR) is 164 cm³/mol. The Kier molecular flexibility index (Phi) is 9.28. The van der Waals surface area contributed by atoms with Crippen molar-refractivity contribution in [2.45, 2.75) is 57.3 Å². The highest BCUT2D eigenvalue weighted by Gasteiger charge is 2.37. The summed E-state index contributed by atoms with van der Waals surface area (Å²) in [6.45, 7) is 3.69. The number of piperazine rings is 1. The average Bonchev–Trinajstić information content (AvgIpc) is 3.48. The summed E-state index contributed by atoms with van der Waals surface area (Å²) in [5.41, 5.74) is 8.23. The van der Waals surface area contributed by atoms with Crippen molar-refractivity contribution in [3.63, 3.8) is 0 Å². The zero-order valence-electron chi connectivity index (χ0n) is 23.1. The van der Waals surface area contributed by atoms with Crippen molar-refractivity contribution in [3.05, 3.63) is 101 Å². The second-order valence-corrected chi connectivity index (χ2v) is 11.7. The number of hydrogen-bond acceptors (Lipinski definition) is 4. The maximum absolute atomic E-state index is 13.7. The van der Waals surface area contributed by atoms with E-state index < -0.39 is 6.04 Å². The van der Waals surface area contributed by atoms with Gasteiger partial charge in [0.15, 0.2) is 0 Å². The summed E-state index contributed by atoms with van der Waals surface area (Å²) in [6.07, 6.45) is 7.68. The molecule has 1 fully saturated rings. The first-order chi connectivity index (χ1) is 19.8. The summed E-state index contributed by atoms with van der Waals surface area (Å²) in [6, 6.07) is 18.5. The van der Waals surface area contributed by atoms with E-state index in [1.54, 1.807) is 24.7 Å². The van der Waals surface area contributed by atoms with E-state index in [0.29, 0.717) is 36.0 Å². The molecule has 0 radical (unpaired) electrons. The molecule has 214 valence electrons. The van der Waals surface area contributed by atoms with Crippen LogP contribution in [0.25, 0.3) is 10.8 Å². The van der Waals surface area contributed by atoms with Crippen LogP contribution in [0.2, 0.25) is 10.0 Å². The predicted octanol–water partition coefficient (Wildman–Crippen LogP) is 5.36. The third kappa shape index (κ3) is 7.10. The van der Waals surface area contributed by atoms with Gasteiger partial charge in [0.05, 0.1) is 18.8 Å². The number of carbonyl (C=O) groups excluding carboxylic acids is 2. The van der Waals surface area contributed by atoms with E-state index in [2.05, 4.69) is 29.2 Å². The van der Waals surface area contributed by atoms with Gasteiger partial charge < -0.3 is 20.1 Å². The number of nitrogens with zero attached hydrogens (tertiary/aromatic N) is 4. The Morgan fingerprint density at radius 1 is 1.02 bits per heavy atom. The topological polar surface area (TPSA) is 84.5 Å². The van der Waals surface area contributed by atoms with Crippen LogP contribution in [0.1, 0.15) is 30.9 Å². The molecule has 3 atom stereocenters. The van der Waals surface area contributed by atoms with Gasteiger partial charge in [0, 0.05) is 54.2 Å². The molecule has 2 amide bonds.